The number of methoxy groups -OCH3 is 1. The van der Waals surface area contributed by atoms with Crippen LogP contribution < -0.4 is 15.4 Å². The van der Waals surface area contributed by atoms with Crippen LogP contribution in [0.3, 0.4) is 0 Å². The number of aliphatic imine (C=N–C) groups is 1. The summed E-state index contributed by atoms with van der Waals surface area (Å²) in [5.74, 6) is 1.83. The predicted octanol–water partition coefficient (Wildman–Crippen LogP) is 3.00. The molecular weight excluding hydrogens is 262 g/mol. The molecule has 0 spiro atoms. The van der Waals surface area contributed by atoms with Crippen molar-refractivity contribution in [2.75, 3.05) is 14.2 Å². The minimum Gasteiger partial charge on any atom is -0.496 e. The predicted molar refractivity (Wildman–Crippen MR) is 87.9 cm³/mol. The van der Waals surface area contributed by atoms with Crippen LogP contribution in [-0.2, 0) is 6.54 Å². The molecule has 4 heteroatoms. The smallest absolute Gasteiger partial charge is 0.191 e. The molecule has 0 aromatic heterocycles. The van der Waals surface area contributed by atoms with Crippen LogP contribution in [0.1, 0.15) is 43.2 Å². The van der Waals surface area contributed by atoms with Crippen molar-refractivity contribution >= 4 is 5.96 Å². The lowest BCUT2D eigenvalue weighted by atomic mass is 9.96. The molecule has 0 heterocycles. The average Bonchev–Trinajstić information content (AvgIpc) is 2.52. The Labute approximate surface area is 128 Å². The molecule has 1 aliphatic carbocycles. The number of hydrogen-bond donors (Lipinski definition) is 2. The second-order valence-corrected chi connectivity index (χ2v) is 5.71. The first-order valence-electron chi connectivity index (χ1n) is 7.83. The first-order chi connectivity index (χ1) is 10.2. The van der Waals surface area contributed by atoms with E-state index in [1.54, 1.807) is 7.11 Å². The van der Waals surface area contributed by atoms with Crippen molar-refractivity contribution in [2.24, 2.45) is 4.99 Å². The Morgan fingerprint density at radius 3 is 2.67 bits per heavy atom. The molecule has 4 nitrogen and oxygen atoms in total. The van der Waals surface area contributed by atoms with Gasteiger partial charge in [0, 0.05) is 19.6 Å². The van der Waals surface area contributed by atoms with Crippen molar-refractivity contribution in [1.82, 2.24) is 10.6 Å². The highest BCUT2D eigenvalue weighted by Gasteiger charge is 2.14. The lowest BCUT2D eigenvalue weighted by molar-refractivity contribution is 0.409. The highest BCUT2D eigenvalue weighted by atomic mass is 16.5. The summed E-state index contributed by atoms with van der Waals surface area (Å²) >= 11 is 0. The van der Waals surface area contributed by atoms with Crippen LogP contribution in [0, 0.1) is 6.92 Å². The molecule has 0 aliphatic heterocycles. The Morgan fingerprint density at radius 1 is 1.29 bits per heavy atom. The van der Waals surface area contributed by atoms with Gasteiger partial charge in [-0.15, -0.1) is 0 Å². The van der Waals surface area contributed by atoms with Gasteiger partial charge in [0.25, 0.3) is 0 Å². The maximum Gasteiger partial charge on any atom is 0.191 e. The molecule has 1 aromatic rings. The summed E-state index contributed by atoms with van der Waals surface area (Å²) in [7, 11) is 3.54. The lowest BCUT2D eigenvalue weighted by Gasteiger charge is -2.25. The van der Waals surface area contributed by atoms with E-state index >= 15 is 0 Å². The fourth-order valence-corrected chi connectivity index (χ4v) is 2.87. The van der Waals surface area contributed by atoms with Crippen LogP contribution in [0.5, 0.6) is 5.75 Å². The zero-order valence-corrected chi connectivity index (χ0v) is 13.4. The van der Waals surface area contributed by atoms with Crippen LogP contribution in [0.4, 0.5) is 0 Å². The van der Waals surface area contributed by atoms with Crippen molar-refractivity contribution in [3.05, 3.63) is 29.3 Å². The number of ether oxygens (including phenoxy) is 1. The Hall–Kier alpha value is -1.71. The van der Waals surface area contributed by atoms with Crippen LogP contribution in [0.2, 0.25) is 0 Å². The summed E-state index contributed by atoms with van der Waals surface area (Å²) in [5, 5.41) is 6.92. The van der Waals surface area contributed by atoms with Crippen LogP contribution >= 0.6 is 0 Å². The number of aryl methyl sites for hydroxylation is 1. The number of guanidine groups is 1. The zero-order valence-electron chi connectivity index (χ0n) is 13.4. The van der Waals surface area contributed by atoms with Gasteiger partial charge < -0.3 is 15.4 Å². The highest BCUT2D eigenvalue weighted by Crippen LogP contribution is 2.19. The monoisotopic (exact) mass is 289 g/mol. The topological polar surface area (TPSA) is 45.7 Å². The third-order valence-electron chi connectivity index (χ3n) is 4.09. The first kappa shape index (κ1) is 15.7. The molecule has 1 aromatic carbocycles. The molecule has 0 amide bonds. The van der Waals surface area contributed by atoms with E-state index in [1.807, 2.05) is 13.1 Å². The van der Waals surface area contributed by atoms with E-state index in [0.717, 1.165) is 23.8 Å². The summed E-state index contributed by atoms with van der Waals surface area (Å²) in [4.78, 5) is 4.32. The van der Waals surface area contributed by atoms with Gasteiger partial charge in [0.15, 0.2) is 5.96 Å². The van der Waals surface area contributed by atoms with E-state index in [4.69, 9.17) is 4.74 Å². The third-order valence-corrected chi connectivity index (χ3v) is 4.09. The fraction of sp³-hybridized carbons (Fsp3) is 0.588. The Balaban J connectivity index is 1.86. The maximum absolute atomic E-state index is 5.29. The molecule has 0 saturated heterocycles. The molecule has 0 unspecified atom stereocenters. The van der Waals surface area contributed by atoms with Crippen molar-refractivity contribution < 1.29 is 4.74 Å². The number of nitrogens with one attached hydrogen (secondary N) is 2. The van der Waals surface area contributed by atoms with Crippen LogP contribution in [-0.4, -0.2) is 26.2 Å². The zero-order chi connectivity index (χ0) is 15.1. The number of nitrogens with zero attached hydrogens (tertiary/aromatic N) is 1. The van der Waals surface area contributed by atoms with Gasteiger partial charge in [-0.1, -0.05) is 31.4 Å². The first-order valence-corrected chi connectivity index (χ1v) is 7.83. The fourth-order valence-electron chi connectivity index (χ4n) is 2.87. The molecular formula is C17H27N3O. The third kappa shape index (κ3) is 4.66. The van der Waals surface area contributed by atoms with Gasteiger partial charge in [-0.3, -0.25) is 4.99 Å². The van der Waals surface area contributed by atoms with Gasteiger partial charge >= 0.3 is 0 Å². The standard InChI is InChI=1S/C17H27N3O/c1-13-11-14(9-10-16(13)21-3)12-19-17(18-2)20-15-7-5-4-6-8-15/h9-11,15H,4-8,12H2,1-3H3,(H2,18,19,20). The molecule has 0 bridgehead atoms. The Morgan fingerprint density at radius 2 is 2.05 bits per heavy atom. The summed E-state index contributed by atoms with van der Waals surface area (Å²) in [6.07, 6.45) is 6.53. The number of benzene rings is 1. The lowest BCUT2D eigenvalue weighted by Crippen LogP contribution is -2.43. The molecule has 116 valence electrons. The molecule has 2 N–H and O–H groups in total. The van der Waals surface area contributed by atoms with Crippen molar-refractivity contribution in [1.29, 1.82) is 0 Å². The minimum absolute atomic E-state index is 0.572. The Kier molecular flexibility index (Phi) is 5.90. The van der Waals surface area contributed by atoms with Crippen molar-refractivity contribution in [2.45, 2.75) is 51.6 Å². The summed E-state index contributed by atoms with van der Waals surface area (Å²) in [6.45, 7) is 2.84. The summed E-state index contributed by atoms with van der Waals surface area (Å²) in [5.41, 5.74) is 2.40. The van der Waals surface area contributed by atoms with Gasteiger partial charge in [-0.05, 0) is 37.0 Å². The van der Waals surface area contributed by atoms with E-state index in [2.05, 4.69) is 34.7 Å². The molecule has 21 heavy (non-hydrogen) atoms. The van der Waals surface area contributed by atoms with Crippen LogP contribution in [0.15, 0.2) is 23.2 Å². The van der Waals surface area contributed by atoms with Crippen molar-refractivity contribution in [3.63, 3.8) is 0 Å². The van der Waals surface area contributed by atoms with E-state index in [-0.39, 0.29) is 0 Å². The molecule has 1 fully saturated rings. The molecule has 1 saturated carbocycles. The molecule has 0 atom stereocenters. The summed E-state index contributed by atoms with van der Waals surface area (Å²) < 4.78 is 5.29. The molecule has 2 rings (SSSR count). The van der Waals surface area contributed by atoms with Crippen molar-refractivity contribution in [3.8, 4) is 5.75 Å². The van der Waals surface area contributed by atoms with E-state index in [1.165, 1.54) is 37.7 Å². The number of hydrogen-bond acceptors (Lipinski definition) is 2. The second-order valence-electron chi connectivity index (χ2n) is 5.71. The van der Waals surface area contributed by atoms with E-state index in [9.17, 15) is 0 Å². The Bertz CT molecular complexity index is 479. The molecule has 0 radical (unpaired) electrons. The van der Waals surface area contributed by atoms with Gasteiger partial charge in [0.05, 0.1) is 7.11 Å². The van der Waals surface area contributed by atoms with Gasteiger partial charge in [-0.25, -0.2) is 0 Å². The molecule has 1 aliphatic rings. The second kappa shape index (κ2) is 7.91. The maximum atomic E-state index is 5.29. The van der Waals surface area contributed by atoms with E-state index < -0.39 is 0 Å². The highest BCUT2D eigenvalue weighted by molar-refractivity contribution is 5.79. The minimum atomic E-state index is 0.572. The largest absolute Gasteiger partial charge is 0.496 e. The van der Waals surface area contributed by atoms with Gasteiger partial charge in [0.1, 0.15) is 5.75 Å². The van der Waals surface area contributed by atoms with Gasteiger partial charge in [-0.2, -0.15) is 0 Å². The summed E-state index contributed by atoms with van der Waals surface area (Å²) in [6, 6.07) is 6.83. The van der Waals surface area contributed by atoms with Crippen LogP contribution in [0.25, 0.3) is 0 Å². The quantitative estimate of drug-likeness (QED) is 0.661. The normalized spacial score (nSPS) is 16.6. The van der Waals surface area contributed by atoms with E-state index in [0.29, 0.717) is 6.04 Å². The number of rotatable bonds is 4. The SMILES string of the molecule is CN=C(NCc1ccc(OC)c(C)c1)NC1CCCCC1. The average molecular weight is 289 g/mol. The van der Waals surface area contributed by atoms with Gasteiger partial charge in [0.2, 0.25) is 0 Å².